The normalized spacial score (nSPS) is 11.4. The number of hydrogen-bond acceptors (Lipinski definition) is 7. The Bertz CT molecular complexity index is 1060. The first kappa shape index (κ1) is 20.9. The first-order valence-electron chi connectivity index (χ1n) is 8.35. The monoisotopic (exact) mass is 476 g/mol. The van der Waals surface area contributed by atoms with E-state index in [2.05, 4.69) is 26.1 Å². The van der Waals surface area contributed by atoms with Gasteiger partial charge in [0.2, 0.25) is 5.89 Å². The average Bonchev–Trinajstić information content (AvgIpc) is 3.18. The second-order valence-electron chi connectivity index (χ2n) is 5.90. The highest BCUT2D eigenvalue weighted by Gasteiger charge is 2.17. The fraction of sp³-hybridized carbons (Fsp3) is 0.150. The summed E-state index contributed by atoms with van der Waals surface area (Å²) in [6.45, 7) is 1.96. The summed E-state index contributed by atoms with van der Waals surface area (Å²) >= 11 is 4.33. The summed E-state index contributed by atoms with van der Waals surface area (Å²) in [5, 5.41) is 17.6. The molecule has 1 N–H and O–H groups in total. The quantitative estimate of drug-likeness (QED) is 0.374. The third-order valence-electron chi connectivity index (χ3n) is 3.91. The van der Waals surface area contributed by atoms with Crippen LogP contribution in [0, 0.1) is 6.92 Å². The van der Waals surface area contributed by atoms with Crippen molar-refractivity contribution in [2.75, 3.05) is 14.2 Å². The Morgan fingerprint density at radius 3 is 2.41 bits per heavy atom. The highest BCUT2D eigenvalue weighted by atomic mass is 79.9. The van der Waals surface area contributed by atoms with E-state index in [1.54, 1.807) is 38.5 Å². The number of thioether (sulfide) groups is 1. The molecule has 29 heavy (non-hydrogen) atoms. The fourth-order valence-corrected chi connectivity index (χ4v) is 3.45. The molecule has 2 aromatic carbocycles. The molecule has 1 heterocycles. The van der Waals surface area contributed by atoms with Gasteiger partial charge in [-0.25, -0.2) is 4.79 Å². The van der Waals surface area contributed by atoms with Gasteiger partial charge in [-0.1, -0.05) is 28.1 Å². The van der Waals surface area contributed by atoms with E-state index in [0.29, 0.717) is 17.1 Å². The molecule has 0 spiro atoms. The molecule has 0 aliphatic carbocycles. The molecule has 0 bridgehead atoms. The minimum Gasteiger partial charge on any atom is -0.497 e. The number of carboxylic acid groups (broad SMARTS) is 1. The minimum atomic E-state index is -1.09. The third-order valence-corrected chi connectivity index (χ3v) is 5.61. The number of rotatable bonds is 7. The van der Waals surface area contributed by atoms with Crippen molar-refractivity contribution < 1.29 is 23.8 Å². The number of aromatic nitrogens is 2. The van der Waals surface area contributed by atoms with Crippen LogP contribution in [0.3, 0.4) is 0 Å². The molecule has 0 aliphatic heterocycles. The maximum absolute atomic E-state index is 11.7. The molecule has 0 aliphatic rings. The number of carbonyl (C=O) groups is 1. The standard InChI is InChI=1S/C20H17BrN2O5S/c1-11-4-5-12(6-16(11)21)7-17(19(24)25)29-20-23-22-18(28-20)13-8-14(26-2)10-15(9-13)27-3/h4-10H,1-3H3,(H,24,25)/b17-7-. The van der Waals surface area contributed by atoms with Crippen LogP contribution in [0.15, 0.2) is 55.4 Å². The summed E-state index contributed by atoms with van der Waals surface area (Å²) in [6, 6.07) is 10.8. The van der Waals surface area contributed by atoms with Gasteiger partial charge in [-0.15, -0.1) is 10.2 Å². The Balaban J connectivity index is 1.88. The minimum absolute atomic E-state index is 0.0548. The maximum Gasteiger partial charge on any atom is 0.342 e. The van der Waals surface area contributed by atoms with E-state index in [4.69, 9.17) is 13.9 Å². The molecule has 0 radical (unpaired) electrons. The number of nitrogens with zero attached hydrogens (tertiary/aromatic N) is 2. The summed E-state index contributed by atoms with van der Waals surface area (Å²) in [6.07, 6.45) is 1.55. The van der Waals surface area contributed by atoms with Gasteiger partial charge in [-0.2, -0.15) is 0 Å². The first-order valence-corrected chi connectivity index (χ1v) is 9.96. The topological polar surface area (TPSA) is 94.7 Å². The molecule has 0 unspecified atom stereocenters. The lowest BCUT2D eigenvalue weighted by Gasteiger charge is -2.05. The molecule has 0 fully saturated rings. The molecule has 0 amide bonds. The molecule has 3 rings (SSSR count). The SMILES string of the molecule is COc1cc(OC)cc(-c2nnc(S/C(=C\c3ccc(C)c(Br)c3)C(=O)O)o2)c1. The lowest BCUT2D eigenvalue weighted by Crippen LogP contribution is -1.96. The Morgan fingerprint density at radius 2 is 1.83 bits per heavy atom. The first-order chi connectivity index (χ1) is 13.9. The zero-order valence-electron chi connectivity index (χ0n) is 15.8. The van der Waals surface area contributed by atoms with Gasteiger partial charge in [0.25, 0.3) is 5.22 Å². The van der Waals surface area contributed by atoms with E-state index in [0.717, 1.165) is 27.4 Å². The van der Waals surface area contributed by atoms with Gasteiger partial charge in [0, 0.05) is 16.1 Å². The van der Waals surface area contributed by atoms with E-state index in [1.165, 1.54) is 0 Å². The van der Waals surface area contributed by atoms with Crippen molar-refractivity contribution in [3.05, 3.63) is 56.9 Å². The van der Waals surface area contributed by atoms with Crippen molar-refractivity contribution in [1.29, 1.82) is 0 Å². The molecule has 150 valence electrons. The molecule has 0 atom stereocenters. The van der Waals surface area contributed by atoms with Crippen LogP contribution < -0.4 is 9.47 Å². The van der Waals surface area contributed by atoms with E-state index in [9.17, 15) is 9.90 Å². The van der Waals surface area contributed by atoms with E-state index < -0.39 is 5.97 Å². The Morgan fingerprint density at radius 1 is 1.14 bits per heavy atom. The molecular weight excluding hydrogens is 460 g/mol. The molecule has 0 saturated heterocycles. The lowest BCUT2D eigenvalue weighted by molar-refractivity contribution is -0.131. The van der Waals surface area contributed by atoms with E-state index >= 15 is 0 Å². The molecule has 0 saturated carbocycles. The van der Waals surface area contributed by atoms with E-state index in [-0.39, 0.29) is 16.0 Å². The van der Waals surface area contributed by atoms with Crippen LogP contribution in [0.25, 0.3) is 17.5 Å². The maximum atomic E-state index is 11.7. The number of aliphatic carboxylic acids is 1. The summed E-state index contributed by atoms with van der Waals surface area (Å²) in [5.74, 6) is 0.285. The second-order valence-corrected chi connectivity index (χ2v) is 7.75. The van der Waals surface area contributed by atoms with Crippen molar-refractivity contribution in [2.45, 2.75) is 12.1 Å². The number of aryl methyl sites for hydroxylation is 1. The van der Waals surface area contributed by atoms with Crippen LogP contribution in [0.2, 0.25) is 0 Å². The number of halogens is 1. The van der Waals surface area contributed by atoms with Gasteiger partial charge in [-0.05, 0) is 54.1 Å². The van der Waals surface area contributed by atoms with Crippen molar-refractivity contribution >= 4 is 39.7 Å². The number of carboxylic acids is 1. The Hall–Kier alpha value is -2.78. The summed E-state index contributed by atoms with van der Waals surface area (Å²) in [5.41, 5.74) is 2.40. The zero-order chi connectivity index (χ0) is 21.0. The van der Waals surface area contributed by atoms with Crippen LogP contribution in [0.1, 0.15) is 11.1 Å². The van der Waals surface area contributed by atoms with Crippen molar-refractivity contribution in [3.8, 4) is 23.0 Å². The van der Waals surface area contributed by atoms with Gasteiger partial charge in [0.1, 0.15) is 16.4 Å². The molecule has 1 aromatic heterocycles. The van der Waals surface area contributed by atoms with Gasteiger partial charge >= 0.3 is 5.97 Å². The predicted molar refractivity (Wildman–Crippen MR) is 113 cm³/mol. The highest BCUT2D eigenvalue weighted by molar-refractivity contribution is 9.10. The number of benzene rings is 2. The van der Waals surface area contributed by atoms with Crippen LogP contribution in [-0.4, -0.2) is 35.5 Å². The second kappa shape index (κ2) is 9.15. The average molecular weight is 477 g/mol. The third kappa shape index (κ3) is 5.18. The summed E-state index contributed by atoms with van der Waals surface area (Å²) in [4.78, 5) is 11.7. The van der Waals surface area contributed by atoms with Gasteiger partial charge in [0.15, 0.2) is 0 Å². The highest BCUT2D eigenvalue weighted by Crippen LogP contribution is 2.33. The van der Waals surface area contributed by atoms with Crippen molar-refractivity contribution in [3.63, 3.8) is 0 Å². The lowest BCUT2D eigenvalue weighted by atomic mass is 10.1. The predicted octanol–water partition coefficient (Wildman–Crippen LogP) is 5.04. The number of methoxy groups -OCH3 is 2. The molecule has 3 aromatic rings. The van der Waals surface area contributed by atoms with Gasteiger partial charge in [-0.3, -0.25) is 0 Å². The molecule has 7 nitrogen and oxygen atoms in total. The molecule has 9 heteroatoms. The summed E-state index contributed by atoms with van der Waals surface area (Å²) in [7, 11) is 3.09. The van der Waals surface area contributed by atoms with Crippen molar-refractivity contribution in [1.82, 2.24) is 10.2 Å². The zero-order valence-corrected chi connectivity index (χ0v) is 18.2. The van der Waals surface area contributed by atoms with Crippen LogP contribution in [0.5, 0.6) is 11.5 Å². The largest absolute Gasteiger partial charge is 0.497 e. The van der Waals surface area contributed by atoms with Gasteiger partial charge in [0.05, 0.1) is 14.2 Å². The Kier molecular flexibility index (Phi) is 6.60. The number of hydrogen-bond donors (Lipinski definition) is 1. The van der Waals surface area contributed by atoms with Crippen LogP contribution >= 0.6 is 27.7 Å². The van der Waals surface area contributed by atoms with Crippen LogP contribution in [0.4, 0.5) is 0 Å². The van der Waals surface area contributed by atoms with Gasteiger partial charge < -0.3 is 19.0 Å². The fourth-order valence-electron chi connectivity index (χ4n) is 2.38. The van der Waals surface area contributed by atoms with Crippen LogP contribution in [-0.2, 0) is 4.79 Å². The van der Waals surface area contributed by atoms with E-state index in [1.807, 2.05) is 25.1 Å². The summed E-state index contributed by atoms with van der Waals surface area (Å²) < 4.78 is 17.0. The Labute approximate surface area is 179 Å². The molecular formula is C20H17BrN2O5S. The number of ether oxygens (including phenoxy) is 2. The smallest absolute Gasteiger partial charge is 0.342 e. The van der Waals surface area contributed by atoms with Crippen molar-refractivity contribution in [2.24, 2.45) is 0 Å².